The fourth-order valence-corrected chi connectivity index (χ4v) is 2.09. The molecule has 1 saturated heterocycles. The first-order chi connectivity index (χ1) is 10.1. The second kappa shape index (κ2) is 7.17. The summed E-state index contributed by atoms with van der Waals surface area (Å²) in [5, 5.41) is 2.59. The molecule has 114 valence electrons. The molecule has 2 amide bonds. The summed E-state index contributed by atoms with van der Waals surface area (Å²) in [6.07, 6.45) is 0.242. The number of carbonyl (C=O) groups is 2. The maximum atomic E-state index is 13.4. The molecule has 0 aliphatic carbocycles. The van der Waals surface area contributed by atoms with Crippen LogP contribution in [0.1, 0.15) is 18.4 Å². The number of ether oxygens (including phenoxy) is 1. The van der Waals surface area contributed by atoms with E-state index >= 15 is 0 Å². The predicted octanol–water partition coefficient (Wildman–Crippen LogP) is 1.71. The fraction of sp³-hybridized carbons (Fsp3) is 0.467. The van der Waals surface area contributed by atoms with Gasteiger partial charge in [0, 0.05) is 31.6 Å². The lowest BCUT2D eigenvalue weighted by atomic mass is 10.2. The molecule has 5 nitrogen and oxygen atoms in total. The van der Waals surface area contributed by atoms with Gasteiger partial charge >= 0.3 is 0 Å². The maximum Gasteiger partial charge on any atom is 0.224 e. The van der Waals surface area contributed by atoms with E-state index in [1.54, 1.807) is 24.0 Å². The van der Waals surface area contributed by atoms with Crippen LogP contribution in [-0.2, 0) is 14.3 Å². The van der Waals surface area contributed by atoms with Crippen LogP contribution in [0.2, 0.25) is 0 Å². The third-order valence-electron chi connectivity index (χ3n) is 3.39. The number of aryl methyl sites for hydroxylation is 1. The highest BCUT2D eigenvalue weighted by molar-refractivity contribution is 5.93. The Morgan fingerprint density at radius 1 is 1.29 bits per heavy atom. The number of nitrogens with one attached hydrogen (secondary N) is 1. The van der Waals surface area contributed by atoms with Crippen LogP contribution in [0.15, 0.2) is 18.2 Å². The van der Waals surface area contributed by atoms with Crippen LogP contribution in [0.5, 0.6) is 0 Å². The van der Waals surface area contributed by atoms with E-state index in [4.69, 9.17) is 4.74 Å². The summed E-state index contributed by atoms with van der Waals surface area (Å²) in [5.74, 6) is -0.708. The number of rotatable bonds is 4. The summed E-state index contributed by atoms with van der Waals surface area (Å²) in [5.41, 5.74) is 0.928. The third-order valence-corrected chi connectivity index (χ3v) is 3.39. The van der Waals surface area contributed by atoms with Gasteiger partial charge in [-0.3, -0.25) is 9.59 Å². The molecule has 1 aromatic carbocycles. The van der Waals surface area contributed by atoms with Crippen LogP contribution in [0.4, 0.5) is 10.1 Å². The Kier molecular flexibility index (Phi) is 5.27. The van der Waals surface area contributed by atoms with Gasteiger partial charge in [-0.1, -0.05) is 6.07 Å². The number of hydrogen-bond donors (Lipinski definition) is 1. The Bertz CT molecular complexity index is 528. The van der Waals surface area contributed by atoms with Crippen LogP contribution < -0.4 is 5.32 Å². The van der Waals surface area contributed by atoms with Crippen molar-refractivity contribution in [2.24, 2.45) is 0 Å². The van der Waals surface area contributed by atoms with E-state index in [1.807, 2.05) is 0 Å². The van der Waals surface area contributed by atoms with Crippen LogP contribution in [0, 0.1) is 12.7 Å². The van der Waals surface area contributed by atoms with Crippen molar-refractivity contribution in [3.05, 3.63) is 29.6 Å². The molecule has 1 N–H and O–H groups in total. The average molecular weight is 294 g/mol. The highest BCUT2D eigenvalue weighted by atomic mass is 19.1. The van der Waals surface area contributed by atoms with Crippen molar-refractivity contribution in [2.45, 2.75) is 19.8 Å². The molecule has 1 aliphatic rings. The molecule has 6 heteroatoms. The molecule has 21 heavy (non-hydrogen) atoms. The molecular weight excluding hydrogens is 275 g/mol. The minimum atomic E-state index is -0.364. The molecule has 1 heterocycles. The van der Waals surface area contributed by atoms with Crippen molar-refractivity contribution in [1.29, 1.82) is 0 Å². The van der Waals surface area contributed by atoms with Crippen molar-refractivity contribution >= 4 is 17.5 Å². The van der Waals surface area contributed by atoms with Gasteiger partial charge in [-0.15, -0.1) is 0 Å². The number of morpholine rings is 1. The average Bonchev–Trinajstić information content (AvgIpc) is 2.49. The van der Waals surface area contributed by atoms with Gasteiger partial charge in [-0.2, -0.15) is 0 Å². The van der Waals surface area contributed by atoms with E-state index in [2.05, 4.69) is 5.32 Å². The lowest BCUT2D eigenvalue weighted by Crippen LogP contribution is -2.40. The minimum Gasteiger partial charge on any atom is -0.378 e. The van der Waals surface area contributed by atoms with E-state index in [0.29, 0.717) is 37.6 Å². The van der Waals surface area contributed by atoms with Gasteiger partial charge in [0.2, 0.25) is 11.8 Å². The molecule has 0 aromatic heterocycles. The lowest BCUT2D eigenvalue weighted by Gasteiger charge is -2.26. The van der Waals surface area contributed by atoms with E-state index in [-0.39, 0.29) is 30.5 Å². The van der Waals surface area contributed by atoms with E-state index in [0.717, 1.165) is 0 Å². The number of carbonyl (C=O) groups excluding carboxylic acids is 2. The molecule has 0 saturated carbocycles. The summed E-state index contributed by atoms with van der Waals surface area (Å²) < 4.78 is 18.5. The smallest absolute Gasteiger partial charge is 0.224 e. The summed E-state index contributed by atoms with van der Waals surface area (Å²) in [6.45, 7) is 3.89. The third kappa shape index (κ3) is 4.53. The standard InChI is InChI=1S/C15H19FN2O3/c1-11-2-3-12(10-13(11)16)17-14(19)4-5-15(20)18-6-8-21-9-7-18/h2-3,10H,4-9H2,1H3,(H,17,19). The lowest BCUT2D eigenvalue weighted by molar-refractivity contribution is -0.136. The van der Waals surface area contributed by atoms with Crippen molar-refractivity contribution < 1.29 is 18.7 Å². The van der Waals surface area contributed by atoms with E-state index in [9.17, 15) is 14.0 Å². The second-order valence-corrected chi connectivity index (χ2v) is 5.01. The summed E-state index contributed by atoms with van der Waals surface area (Å²) >= 11 is 0. The number of nitrogens with zero attached hydrogens (tertiary/aromatic N) is 1. The maximum absolute atomic E-state index is 13.4. The normalized spacial score (nSPS) is 14.9. The molecule has 0 bridgehead atoms. The largest absolute Gasteiger partial charge is 0.378 e. The number of amides is 2. The van der Waals surface area contributed by atoms with Crippen LogP contribution in [0.25, 0.3) is 0 Å². The first-order valence-electron chi connectivity index (χ1n) is 6.98. The van der Waals surface area contributed by atoms with Crippen molar-refractivity contribution in [3.63, 3.8) is 0 Å². The zero-order valence-electron chi connectivity index (χ0n) is 12.0. The Morgan fingerprint density at radius 2 is 2.00 bits per heavy atom. The molecule has 1 aliphatic heterocycles. The van der Waals surface area contributed by atoms with Crippen molar-refractivity contribution in [1.82, 2.24) is 4.90 Å². The SMILES string of the molecule is Cc1ccc(NC(=O)CCC(=O)N2CCOCC2)cc1F. The van der Waals surface area contributed by atoms with Gasteiger partial charge in [0.25, 0.3) is 0 Å². The van der Waals surface area contributed by atoms with Crippen LogP contribution >= 0.6 is 0 Å². The van der Waals surface area contributed by atoms with Crippen molar-refractivity contribution in [2.75, 3.05) is 31.6 Å². The first kappa shape index (κ1) is 15.4. The topological polar surface area (TPSA) is 58.6 Å². The molecule has 0 spiro atoms. The van der Waals surface area contributed by atoms with Gasteiger partial charge < -0.3 is 15.0 Å². The van der Waals surface area contributed by atoms with Crippen LogP contribution in [0.3, 0.4) is 0 Å². The summed E-state index contributed by atoms with van der Waals surface area (Å²) in [7, 11) is 0. The van der Waals surface area contributed by atoms with Gasteiger partial charge in [0.05, 0.1) is 13.2 Å². The molecule has 1 fully saturated rings. The summed E-state index contributed by atoms with van der Waals surface area (Å²) in [4.78, 5) is 25.3. The van der Waals surface area contributed by atoms with Gasteiger partial charge in [0.1, 0.15) is 5.82 Å². The molecule has 2 rings (SSSR count). The van der Waals surface area contributed by atoms with E-state index in [1.165, 1.54) is 6.07 Å². The number of hydrogen-bond acceptors (Lipinski definition) is 3. The Hall–Kier alpha value is -1.95. The highest BCUT2D eigenvalue weighted by Gasteiger charge is 2.17. The zero-order chi connectivity index (χ0) is 15.2. The van der Waals surface area contributed by atoms with Crippen molar-refractivity contribution in [3.8, 4) is 0 Å². The van der Waals surface area contributed by atoms with Gasteiger partial charge in [-0.25, -0.2) is 4.39 Å². The Morgan fingerprint density at radius 3 is 2.67 bits per heavy atom. The predicted molar refractivity (Wildman–Crippen MR) is 76.4 cm³/mol. The molecule has 0 atom stereocenters. The molecular formula is C15H19FN2O3. The summed E-state index contributed by atoms with van der Waals surface area (Å²) in [6, 6.07) is 4.51. The fourth-order valence-electron chi connectivity index (χ4n) is 2.09. The second-order valence-electron chi connectivity index (χ2n) is 5.01. The quantitative estimate of drug-likeness (QED) is 0.919. The number of halogens is 1. The first-order valence-corrected chi connectivity index (χ1v) is 6.98. The molecule has 1 aromatic rings. The molecule has 0 unspecified atom stereocenters. The Labute approximate surface area is 123 Å². The minimum absolute atomic E-state index is 0.0523. The highest BCUT2D eigenvalue weighted by Crippen LogP contribution is 2.14. The van der Waals surface area contributed by atoms with Crippen LogP contribution in [-0.4, -0.2) is 43.0 Å². The molecule has 0 radical (unpaired) electrons. The van der Waals surface area contributed by atoms with Gasteiger partial charge in [-0.05, 0) is 24.6 Å². The number of anilines is 1. The number of benzene rings is 1. The zero-order valence-corrected chi connectivity index (χ0v) is 12.0. The Balaban J connectivity index is 1.78. The van der Waals surface area contributed by atoms with Gasteiger partial charge in [0.15, 0.2) is 0 Å². The van der Waals surface area contributed by atoms with E-state index < -0.39 is 0 Å². The monoisotopic (exact) mass is 294 g/mol.